The zero-order valence-corrected chi connectivity index (χ0v) is 43.8. The van der Waals surface area contributed by atoms with E-state index in [1.165, 1.54) is 7.11 Å². The van der Waals surface area contributed by atoms with Gasteiger partial charge in [-0.15, -0.1) is 0 Å². The molecule has 0 saturated heterocycles. The van der Waals surface area contributed by atoms with Crippen molar-refractivity contribution in [3.8, 4) is 0 Å². The molecule has 44 heteroatoms. The second-order valence-corrected chi connectivity index (χ2v) is 15.8. The SMILES string of the molecule is CN(C)CCNS(=O)(=O)c1c(F)c(F)c(N=[N+]=[N-])c(F)c1F.COCCNC(=O)c1c(F)c(F)c(N=[N+]=[N-])c(F)c1F.[N-]=[N+]=Nc1c(F)c(F)c(C(=O)[O-])c(F)c1F.[N-]=[N+]=Nc1c(F)c(F)c(S(=O)(=O)[O-])c(F)c1F.[Na+].[Na+]. The molecule has 0 aliphatic rings. The van der Waals surface area contributed by atoms with Crippen LogP contribution in [0.5, 0.6) is 0 Å². The number of amides is 1. The molecule has 0 spiro atoms. The van der Waals surface area contributed by atoms with E-state index in [2.05, 4.69) is 25.2 Å². The van der Waals surface area contributed by atoms with E-state index in [1.807, 2.05) is 29.7 Å². The Labute approximate surface area is 460 Å². The molecule has 24 nitrogen and oxygen atoms in total. The van der Waals surface area contributed by atoms with Crippen LogP contribution in [-0.4, -0.2) is 85.6 Å². The first-order valence-corrected chi connectivity index (χ1v) is 20.8. The van der Waals surface area contributed by atoms with Gasteiger partial charge >= 0.3 is 59.1 Å². The van der Waals surface area contributed by atoms with Gasteiger partial charge in [0.2, 0.25) is 10.0 Å². The maximum absolute atomic E-state index is 13.7. The predicted molar refractivity (Wildman–Crippen MR) is 211 cm³/mol. The fourth-order valence-electron chi connectivity index (χ4n) is 4.63. The summed E-state index contributed by atoms with van der Waals surface area (Å²) in [6.07, 6.45) is 0. The Hall–Kier alpha value is -6.32. The summed E-state index contributed by atoms with van der Waals surface area (Å²) in [7, 11) is -6.04. The number of halogens is 16. The van der Waals surface area contributed by atoms with Crippen molar-refractivity contribution in [2.45, 2.75) is 9.79 Å². The van der Waals surface area contributed by atoms with Crippen molar-refractivity contribution < 1.29 is 170 Å². The topological polar surface area (TPSA) is 380 Å². The van der Waals surface area contributed by atoms with Gasteiger partial charge < -0.3 is 29.4 Å². The molecule has 0 saturated carbocycles. The Morgan fingerprint density at radius 2 is 0.805 bits per heavy atom. The van der Waals surface area contributed by atoms with Crippen molar-refractivity contribution in [2.75, 3.05) is 47.4 Å². The summed E-state index contributed by atoms with van der Waals surface area (Å²) in [4.78, 5) is 27.0. The number of ether oxygens (including phenoxy) is 1. The minimum Gasteiger partial charge on any atom is -0.744 e. The Morgan fingerprint density at radius 1 is 0.519 bits per heavy atom. The molecule has 406 valence electrons. The molecule has 1 amide bonds. The molecule has 2 N–H and O–H groups in total. The van der Waals surface area contributed by atoms with E-state index in [9.17, 15) is 106 Å². The van der Waals surface area contributed by atoms with E-state index in [1.54, 1.807) is 19.0 Å². The van der Waals surface area contributed by atoms with Crippen LogP contribution in [0.25, 0.3) is 41.8 Å². The van der Waals surface area contributed by atoms with Crippen LogP contribution < -0.4 is 74.3 Å². The fourth-order valence-corrected chi connectivity index (χ4v) is 6.41. The Balaban J connectivity index is 0. The Morgan fingerprint density at radius 3 is 1.06 bits per heavy atom. The number of azide groups is 4. The molecule has 0 aliphatic carbocycles. The summed E-state index contributed by atoms with van der Waals surface area (Å²) in [5, 5.41) is 21.8. The van der Waals surface area contributed by atoms with Crippen molar-refractivity contribution in [3.63, 3.8) is 0 Å². The van der Waals surface area contributed by atoms with Crippen LogP contribution in [0.1, 0.15) is 20.7 Å². The van der Waals surface area contributed by atoms with Crippen molar-refractivity contribution in [2.24, 2.45) is 20.5 Å². The molecule has 4 aromatic carbocycles. The smallest absolute Gasteiger partial charge is 0.744 e. The number of nitrogens with one attached hydrogen (secondary N) is 2. The summed E-state index contributed by atoms with van der Waals surface area (Å²) in [5.74, 6) is -38.1. The quantitative estimate of drug-likeness (QED) is 0.0255. The number of hydrogen-bond donors (Lipinski definition) is 2. The number of likely N-dealkylation sites (N-methyl/N-ethyl adjacent to an activating group) is 1. The summed E-state index contributed by atoms with van der Waals surface area (Å²) >= 11 is 0. The number of benzene rings is 4. The van der Waals surface area contributed by atoms with Gasteiger partial charge in [-0.05, 0) is 36.2 Å². The molecule has 0 aromatic heterocycles. The minimum absolute atomic E-state index is 0. The number of carbonyl (C=O) groups is 2. The zero-order chi connectivity index (χ0) is 58.2. The van der Waals surface area contributed by atoms with Gasteiger partial charge in [0, 0.05) is 46.4 Å². The average Bonchev–Trinajstić information content (AvgIpc) is 3.32. The largest absolute Gasteiger partial charge is 1.00 e. The third-order valence-electron chi connectivity index (χ3n) is 7.85. The molecular weight excluding hydrogens is 1160 g/mol. The van der Waals surface area contributed by atoms with E-state index in [0.29, 0.717) is 0 Å². The zero-order valence-electron chi connectivity index (χ0n) is 38.2. The van der Waals surface area contributed by atoms with Crippen molar-refractivity contribution >= 4 is 54.8 Å². The predicted octanol–water partition coefficient (Wildman–Crippen LogP) is 2.23. The van der Waals surface area contributed by atoms with Gasteiger partial charge in [-0.3, -0.25) is 4.79 Å². The van der Waals surface area contributed by atoms with E-state index >= 15 is 0 Å². The van der Waals surface area contributed by atoms with Crippen LogP contribution in [0.4, 0.5) is 93.0 Å². The molecule has 0 fully saturated rings. The summed E-state index contributed by atoms with van der Waals surface area (Å²) in [6, 6.07) is 0. The van der Waals surface area contributed by atoms with Crippen LogP contribution in [0.3, 0.4) is 0 Å². The number of rotatable bonds is 15. The summed E-state index contributed by atoms with van der Waals surface area (Å²) < 4.78 is 273. The monoisotopic (exact) mass is 1180 g/mol. The van der Waals surface area contributed by atoms with Crippen LogP contribution in [0.15, 0.2) is 30.2 Å². The first-order valence-electron chi connectivity index (χ1n) is 17.9. The second-order valence-electron chi connectivity index (χ2n) is 12.8. The number of methoxy groups -OCH3 is 1. The van der Waals surface area contributed by atoms with Gasteiger partial charge in [0.25, 0.3) is 5.91 Å². The first-order chi connectivity index (χ1) is 34.7. The van der Waals surface area contributed by atoms with E-state index < -0.39 is 169 Å². The average molecular weight is 1180 g/mol. The molecule has 77 heavy (non-hydrogen) atoms. The number of sulfonamides is 1. The molecule has 0 radical (unpaired) electrons. The Bertz CT molecular complexity index is 3220. The number of carbonyl (C=O) groups excluding carboxylic acids is 2. The number of carboxylic acid groups (broad SMARTS) is 1. The number of carboxylic acids is 1. The second kappa shape index (κ2) is 31.8. The number of hydrogen-bond acceptors (Lipinski definition) is 14. The molecule has 0 heterocycles. The third-order valence-corrected chi connectivity index (χ3v) is 10.2. The fraction of sp³-hybridized carbons (Fsp3) is 0.212. The van der Waals surface area contributed by atoms with E-state index in [4.69, 9.17) is 22.1 Å². The molecule has 0 bridgehead atoms. The normalized spacial score (nSPS) is 10.4. The minimum atomic E-state index is -5.76. The standard InChI is InChI=1S/C10H11F4N5O2S.C10H8F4N4O2.C7HF4N3O2.C6HF4N3O3S.2Na/c1-19(2)4-3-16-22(20,21)10-7(13)5(11)9(17-18-15)6(12)8(10)14;1-20-3-2-16-10(19)4-5(11)7(13)9(17-18-15)8(14)6(4)12;8-2-1(7(15)16)3(9)5(11)6(4(2)10)13-14-12;7-1-3(9)6(17(14,15)16)4(10)2(8)5(1)12-13-11;;/h16H,3-4H2,1-2H3;2-3H2,1H3,(H,16,19);(H,15,16);(H,14,15,16);;/q;;;;2*+1/p-2. The van der Waals surface area contributed by atoms with E-state index in [0.717, 1.165) is 0 Å². The van der Waals surface area contributed by atoms with Gasteiger partial charge in [0.05, 0.1) is 18.1 Å². The van der Waals surface area contributed by atoms with Gasteiger partial charge in [0.15, 0.2) is 98.0 Å². The molecule has 4 aromatic rings. The van der Waals surface area contributed by atoms with Crippen LogP contribution in [0, 0.1) is 93.1 Å². The summed E-state index contributed by atoms with van der Waals surface area (Å²) in [6.45, 7) is -0.133. The van der Waals surface area contributed by atoms with Gasteiger partial charge in [-0.1, -0.05) is 20.5 Å². The van der Waals surface area contributed by atoms with Crippen molar-refractivity contribution in [3.05, 3.63) is 146 Å². The maximum atomic E-state index is 13.7. The van der Waals surface area contributed by atoms with Crippen LogP contribution in [0.2, 0.25) is 0 Å². The summed E-state index contributed by atoms with van der Waals surface area (Å²) in [5.41, 5.74) is 22.2. The molecule has 4 rings (SSSR count). The first kappa shape index (κ1) is 72.8. The molecule has 0 atom stereocenters. The molecule has 0 unspecified atom stereocenters. The Kier molecular flexibility index (Phi) is 30.0. The van der Waals surface area contributed by atoms with Crippen LogP contribution in [-0.2, 0) is 24.9 Å². The van der Waals surface area contributed by atoms with Crippen molar-refractivity contribution in [1.82, 2.24) is 14.9 Å². The van der Waals surface area contributed by atoms with Crippen molar-refractivity contribution in [1.29, 1.82) is 0 Å². The maximum Gasteiger partial charge on any atom is 1.00 e. The van der Waals surface area contributed by atoms with E-state index in [-0.39, 0.29) is 85.4 Å². The molecular formula is C33H19F16N15Na2O9S2. The molecule has 0 aliphatic heterocycles. The van der Waals surface area contributed by atoms with Gasteiger partial charge in [-0.25, -0.2) is 91.8 Å². The van der Waals surface area contributed by atoms with Crippen LogP contribution >= 0.6 is 0 Å². The van der Waals surface area contributed by atoms with Gasteiger partial charge in [0.1, 0.15) is 43.3 Å². The third kappa shape index (κ3) is 17.9. The van der Waals surface area contributed by atoms with Gasteiger partial charge in [-0.2, -0.15) is 0 Å². The number of nitrogens with zero attached hydrogens (tertiary/aromatic N) is 13. The number of aromatic carboxylic acids is 1.